The summed E-state index contributed by atoms with van der Waals surface area (Å²) in [6.45, 7) is 18.7. The third-order valence-corrected chi connectivity index (χ3v) is 3.36. The van der Waals surface area contributed by atoms with E-state index in [4.69, 9.17) is 4.74 Å². The molecule has 2 aromatic rings. The highest BCUT2D eigenvalue weighted by Crippen LogP contribution is 2.38. The molecule has 2 rings (SSSR count). The van der Waals surface area contributed by atoms with Crippen LogP contribution in [0.15, 0.2) is 30.8 Å². The molecule has 0 unspecified atom stereocenters. The Morgan fingerprint density at radius 3 is 2.14 bits per heavy atom. The van der Waals surface area contributed by atoms with Crippen LogP contribution in [0.4, 0.5) is 0 Å². The Bertz CT molecular complexity index is 471. The molecule has 1 aromatic heterocycles. The fourth-order valence-electron chi connectivity index (χ4n) is 1.53. The summed E-state index contributed by atoms with van der Waals surface area (Å²) in [4.78, 5) is 1.13. The normalized spacial score (nSPS) is 8.33. The van der Waals surface area contributed by atoms with Gasteiger partial charge in [0.15, 0.2) is 0 Å². The largest absolute Gasteiger partial charge is 0.491 e. The topological polar surface area (TPSA) is 9.23 Å². The van der Waals surface area contributed by atoms with Gasteiger partial charge in [0, 0.05) is 10.1 Å². The molecular weight excluding hydrogens is 276 g/mol. The van der Waals surface area contributed by atoms with Crippen LogP contribution in [-0.2, 0) is 0 Å². The average Bonchev–Trinajstić information content (AvgIpc) is 2.96. The Balaban J connectivity index is 0. The molecule has 0 aliphatic rings. The first-order valence-electron chi connectivity index (χ1n) is 8.13. The number of rotatable bonds is 4. The molecule has 0 bridgehead atoms. The maximum atomic E-state index is 5.77. The summed E-state index contributed by atoms with van der Waals surface area (Å²) in [7, 11) is 0. The average molecular weight is 309 g/mol. The van der Waals surface area contributed by atoms with E-state index >= 15 is 0 Å². The van der Waals surface area contributed by atoms with Crippen LogP contribution in [0.1, 0.15) is 59.8 Å². The van der Waals surface area contributed by atoms with Crippen molar-refractivity contribution in [2.24, 2.45) is 0 Å². The molecule has 2 heteroatoms. The fraction of sp³-hybridized carbons (Fsp3) is 0.474. The Hall–Kier alpha value is -1.28. The van der Waals surface area contributed by atoms with Gasteiger partial charge in [-0.1, -0.05) is 67.2 Å². The molecule has 0 N–H and O–H groups in total. The van der Waals surface area contributed by atoms with Crippen molar-refractivity contribution in [1.29, 1.82) is 0 Å². The highest BCUT2D eigenvalue weighted by molar-refractivity contribution is 7.20. The molecule has 21 heavy (non-hydrogen) atoms. The van der Waals surface area contributed by atoms with Crippen LogP contribution >= 0.6 is 11.3 Å². The second-order valence-corrected chi connectivity index (χ2v) is 4.43. The molecule has 0 amide bonds. The number of benzene rings is 1. The van der Waals surface area contributed by atoms with E-state index < -0.39 is 0 Å². The van der Waals surface area contributed by atoms with Gasteiger partial charge in [0.1, 0.15) is 5.75 Å². The second-order valence-electron chi connectivity index (χ2n) is 3.34. The van der Waals surface area contributed by atoms with E-state index in [1.165, 1.54) is 10.1 Å². The van der Waals surface area contributed by atoms with Crippen molar-refractivity contribution in [2.75, 3.05) is 6.61 Å². The van der Waals surface area contributed by atoms with Gasteiger partial charge >= 0.3 is 0 Å². The minimum Gasteiger partial charge on any atom is -0.491 e. The standard InChI is InChI=1S/C13H14OS.3C2H6/c1-3-9-14-13-10-7-5-6-8-12(10)15-11(13)4-2;3*1-2/h4-8H,2-3,9H2,1H3;3*1-2H3. The summed E-state index contributed by atoms with van der Waals surface area (Å²) >= 11 is 1.73. The molecule has 0 aliphatic carbocycles. The molecule has 0 fully saturated rings. The predicted molar refractivity (Wildman–Crippen MR) is 102 cm³/mol. The van der Waals surface area contributed by atoms with E-state index in [-0.39, 0.29) is 0 Å². The summed E-state index contributed by atoms with van der Waals surface area (Å²) in [5.74, 6) is 0.993. The Labute approximate surface area is 135 Å². The van der Waals surface area contributed by atoms with Crippen LogP contribution in [0.3, 0.4) is 0 Å². The highest BCUT2D eigenvalue weighted by Gasteiger charge is 2.09. The number of ether oxygens (including phenoxy) is 1. The van der Waals surface area contributed by atoms with Crippen molar-refractivity contribution >= 4 is 27.5 Å². The number of thiophene rings is 1. The molecule has 0 saturated carbocycles. The van der Waals surface area contributed by atoms with Crippen LogP contribution in [0.5, 0.6) is 5.75 Å². The molecule has 0 spiro atoms. The zero-order valence-electron chi connectivity index (χ0n) is 14.8. The quantitative estimate of drug-likeness (QED) is 0.571. The SMILES string of the molecule is C=Cc1sc2ccccc2c1OCCC.CC.CC.CC. The van der Waals surface area contributed by atoms with E-state index in [0.717, 1.165) is 23.7 Å². The summed E-state index contributed by atoms with van der Waals surface area (Å²) in [5, 5.41) is 1.20. The number of fused-ring (bicyclic) bond motifs is 1. The first-order valence-corrected chi connectivity index (χ1v) is 8.95. The zero-order chi connectivity index (χ0) is 16.7. The van der Waals surface area contributed by atoms with Crippen molar-refractivity contribution in [3.8, 4) is 5.75 Å². The van der Waals surface area contributed by atoms with Gasteiger partial charge < -0.3 is 4.74 Å². The molecule has 0 aliphatic heterocycles. The van der Waals surface area contributed by atoms with Gasteiger partial charge in [-0.05, 0) is 24.6 Å². The molecule has 1 heterocycles. The molecule has 0 radical (unpaired) electrons. The van der Waals surface area contributed by atoms with Crippen LogP contribution in [-0.4, -0.2) is 6.61 Å². The Morgan fingerprint density at radius 2 is 1.62 bits per heavy atom. The second kappa shape index (κ2) is 15.1. The van der Waals surface area contributed by atoms with Crippen molar-refractivity contribution in [3.05, 3.63) is 35.7 Å². The van der Waals surface area contributed by atoms with Gasteiger partial charge in [-0.15, -0.1) is 11.3 Å². The summed E-state index contributed by atoms with van der Waals surface area (Å²) < 4.78 is 7.03. The van der Waals surface area contributed by atoms with E-state index in [1.54, 1.807) is 11.3 Å². The molecule has 1 nitrogen and oxygen atoms in total. The summed E-state index contributed by atoms with van der Waals surface area (Å²) in [6.07, 6.45) is 2.90. The molecule has 0 saturated heterocycles. The van der Waals surface area contributed by atoms with Crippen molar-refractivity contribution in [2.45, 2.75) is 54.9 Å². The molecule has 1 aromatic carbocycles. The first-order chi connectivity index (χ1) is 10.4. The van der Waals surface area contributed by atoms with Gasteiger partial charge in [0.25, 0.3) is 0 Å². The lowest BCUT2D eigenvalue weighted by Crippen LogP contribution is -1.94. The Morgan fingerprint density at radius 1 is 1.05 bits per heavy atom. The molecule has 120 valence electrons. The number of hydrogen-bond acceptors (Lipinski definition) is 2. The van der Waals surface area contributed by atoms with E-state index in [0.29, 0.717) is 0 Å². The first kappa shape index (κ1) is 22.0. The zero-order valence-corrected chi connectivity index (χ0v) is 15.6. The van der Waals surface area contributed by atoms with E-state index in [1.807, 2.05) is 53.7 Å². The van der Waals surface area contributed by atoms with Gasteiger partial charge in [-0.25, -0.2) is 0 Å². The van der Waals surface area contributed by atoms with Crippen molar-refractivity contribution in [1.82, 2.24) is 0 Å². The third-order valence-electron chi connectivity index (χ3n) is 2.21. The maximum Gasteiger partial charge on any atom is 0.145 e. The fourth-order valence-corrected chi connectivity index (χ4v) is 2.53. The smallest absolute Gasteiger partial charge is 0.145 e. The number of hydrogen-bond donors (Lipinski definition) is 0. The monoisotopic (exact) mass is 308 g/mol. The highest BCUT2D eigenvalue weighted by atomic mass is 32.1. The van der Waals surface area contributed by atoms with Crippen LogP contribution in [0.2, 0.25) is 0 Å². The Kier molecular flexibility index (Phi) is 15.8. The van der Waals surface area contributed by atoms with Gasteiger partial charge in [-0.2, -0.15) is 0 Å². The predicted octanol–water partition coefficient (Wildman–Crippen LogP) is 7.41. The molecular formula is C19H32OS. The maximum absolute atomic E-state index is 5.77. The van der Waals surface area contributed by atoms with Crippen LogP contribution in [0.25, 0.3) is 16.2 Å². The van der Waals surface area contributed by atoms with E-state index in [9.17, 15) is 0 Å². The van der Waals surface area contributed by atoms with Gasteiger partial charge in [0.2, 0.25) is 0 Å². The van der Waals surface area contributed by atoms with E-state index in [2.05, 4.69) is 31.7 Å². The lowest BCUT2D eigenvalue weighted by atomic mass is 10.2. The van der Waals surface area contributed by atoms with Crippen LogP contribution < -0.4 is 4.74 Å². The van der Waals surface area contributed by atoms with Crippen molar-refractivity contribution in [3.63, 3.8) is 0 Å². The van der Waals surface area contributed by atoms with Crippen molar-refractivity contribution < 1.29 is 4.74 Å². The minimum atomic E-state index is 0.765. The lowest BCUT2D eigenvalue weighted by Gasteiger charge is -2.03. The molecule has 0 atom stereocenters. The third kappa shape index (κ3) is 6.81. The minimum absolute atomic E-state index is 0.765. The summed E-state index contributed by atoms with van der Waals surface area (Å²) in [6, 6.07) is 8.31. The van der Waals surface area contributed by atoms with Crippen LogP contribution in [0, 0.1) is 0 Å². The summed E-state index contributed by atoms with van der Waals surface area (Å²) in [5.41, 5.74) is 0. The lowest BCUT2D eigenvalue weighted by molar-refractivity contribution is 0.321. The van der Waals surface area contributed by atoms with Gasteiger partial charge in [-0.3, -0.25) is 0 Å². The van der Waals surface area contributed by atoms with Gasteiger partial charge in [0.05, 0.1) is 11.5 Å².